The number of morpholine rings is 1. The Bertz CT molecular complexity index is 1340. The molecule has 33 heavy (non-hydrogen) atoms. The van der Waals surface area contributed by atoms with Crippen molar-refractivity contribution in [2.45, 2.75) is 19.4 Å². The number of aliphatic hydroxyl groups is 1. The van der Waals surface area contributed by atoms with Crippen molar-refractivity contribution in [3.8, 4) is 5.82 Å². The summed E-state index contributed by atoms with van der Waals surface area (Å²) in [6.07, 6.45) is 1.51. The molecule has 1 amide bonds. The van der Waals surface area contributed by atoms with Gasteiger partial charge in [-0.15, -0.1) is 0 Å². The normalized spacial score (nSPS) is 16.2. The van der Waals surface area contributed by atoms with E-state index in [2.05, 4.69) is 25.2 Å². The molecule has 12 nitrogen and oxygen atoms in total. The lowest BCUT2D eigenvalue weighted by Crippen LogP contribution is -2.41. The van der Waals surface area contributed by atoms with Gasteiger partial charge in [-0.05, 0) is 24.6 Å². The number of aryl methyl sites for hydroxylation is 1. The number of amides is 1. The first-order valence-corrected chi connectivity index (χ1v) is 10.4. The molecule has 0 radical (unpaired) electrons. The van der Waals surface area contributed by atoms with Crippen LogP contribution >= 0.6 is 0 Å². The van der Waals surface area contributed by atoms with Gasteiger partial charge in [-0.1, -0.05) is 11.2 Å². The van der Waals surface area contributed by atoms with Gasteiger partial charge in [0.15, 0.2) is 11.5 Å². The predicted octanol–water partition coefficient (Wildman–Crippen LogP) is 0.817. The Balaban J connectivity index is 1.67. The number of ether oxygens (including phenoxy) is 1. The van der Waals surface area contributed by atoms with Gasteiger partial charge in [0, 0.05) is 37.7 Å². The molecule has 0 spiro atoms. The Morgan fingerprint density at radius 1 is 1.21 bits per heavy atom. The third kappa shape index (κ3) is 3.68. The van der Waals surface area contributed by atoms with E-state index in [0.29, 0.717) is 54.5 Å². The van der Waals surface area contributed by atoms with Gasteiger partial charge in [-0.25, -0.2) is 9.67 Å². The van der Waals surface area contributed by atoms with E-state index in [-0.39, 0.29) is 23.4 Å². The first kappa shape index (κ1) is 21.0. The number of benzene rings is 1. The topological polar surface area (TPSA) is 158 Å². The summed E-state index contributed by atoms with van der Waals surface area (Å²) in [5, 5.41) is 20.3. The average Bonchev–Trinajstić information content (AvgIpc) is 3.43. The molecule has 12 heteroatoms. The largest absolute Gasteiger partial charge is 0.378 e. The number of carbonyl (C=O) groups is 1. The molecular weight excluding hydrogens is 428 g/mol. The molecule has 4 aromatic rings. The molecule has 1 aliphatic rings. The Hall–Kier alpha value is -3.90. The van der Waals surface area contributed by atoms with Crippen LogP contribution in [0.1, 0.15) is 34.7 Å². The first-order chi connectivity index (χ1) is 15.8. The number of anilines is 1. The van der Waals surface area contributed by atoms with Gasteiger partial charge in [0.2, 0.25) is 17.7 Å². The highest BCUT2D eigenvalue weighted by molar-refractivity contribution is 6.05. The lowest BCUT2D eigenvalue weighted by molar-refractivity contribution is 0.0300. The summed E-state index contributed by atoms with van der Waals surface area (Å²) in [7, 11) is 0. The van der Waals surface area contributed by atoms with E-state index in [1.807, 2.05) is 0 Å². The van der Waals surface area contributed by atoms with Crippen LogP contribution in [0.25, 0.3) is 16.7 Å². The Morgan fingerprint density at radius 2 is 2.00 bits per heavy atom. The summed E-state index contributed by atoms with van der Waals surface area (Å²) in [4.78, 5) is 27.3. The van der Waals surface area contributed by atoms with Crippen molar-refractivity contribution in [1.82, 2.24) is 34.8 Å². The second-order valence-electron chi connectivity index (χ2n) is 7.88. The van der Waals surface area contributed by atoms with Crippen molar-refractivity contribution in [3.63, 3.8) is 0 Å². The zero-order valence-corrected chi connectivity index (χ0v) is 18.1. The predicted molar refractivity (Wildman–Crippen MR) is 116 cm³/mol. The molecule has 170 valence electrons. The van der Waals surface area contributed by atoms with Crippen molar-refractivity contribution in [2.24, 2.45) is 0 Å². The highest BCUT2D eigenvalue weighted by atomic mass is 16.5. The molecular formula is C21H22N8O4. The number of nitrogens with two attached hydrogens (primary N) is 1. The van der Waals surface area contributed by atoms with Gasteiger partial charge in [0.25, 0.3) is 5.91 Å². The fourth-order valence-electron chi connectivity index (χ4n) is 3.77. The molecule has 1 saturated heterocycles. The Labute approximate surface area is 188 Å². The zero-order chi connectivity index (χ0) is 23.2. The monoisotopic (exact) mass is 450 g/mol. The standard InChI is InChI=1S/C21H22N8O4/c1-12-24-19(27-33-12)21(2,31)13-3-4-14-15(11-13)29(16-5-6-23-20(22)25-16)26-17(14)18(30)28-7-9-32-10-8-28/h3-6,11,31H,7-10H2,1-2H3,(H2,22,23,25). The van der Waals surface area contributed by atoms with Crippen LogP contribution in [0.15, 0.2) is 35.0 Å². The van der Waals surface area contributed by atoms with Crippen LogP contribution in [0.5, 0.6) is 0 Å². The second kappa shape index (κ2) is 7.90. The minimum Gasteiger partial charge on any atom is -0.378 e. The van der Waals surface area contributed by atoms with E-state index in [1.165, 1.54) is 10.9 Å². The van der Waals surface area contributed by atoms with Gasteiger partial charge < -0.3 is 25.0 Å². The van der Waals surface area contributed by atoms with Crippen molar-refractivity contribution in [2.75, 3.05) is 32.0 Å². The van der Waals surface area contributed by atoms with Crippen LogP contribution in [0.3, 0.4) is 0 Å². The molecule has 5 rings (SSSR count). The molecule has 0 saturated carbocycles. The molecule has 3 N–H and O–H groups in total. The number of aromatic nitrogens is 6. The van der Waals surface area contributed by atoms with E-state index in [0.717, 1.165) is 0 Å². The van der Waals surface area contributed by atoms with E-state index < -0.39 is 5.60 Å². The maximum Gasteiger partial charge on any atom is 0.275 e. The van der Waals surface area contributed by atoms with E-state index in [9.17, 15) is 9.90 Å². The number of carbonyl (C=O) groups excluding carboxylic acids is 1. The van der Waals surface area contributed by atoms with Gasteiger partial charge in [-0.3, -0.25) is 4.79 Å². The SMILES string of the molecule is Cc1nc(C(C)(O)c2ccc3c(C(=O)N4CCOCC4)nn(-c4ccnc(N)n4)c3c2)no1. The van der Waals surface area contributed by atoms with Crippen LogP contribution < -0.4 is 5.73 Å². The fraction of sp³-hybridized carbons (Fsp3) is 0.333. The van der Waals surface area contributed by atoms with E-state index in [1.54, 1.807) is 43.0 Å². The number of nitrogen functional groups attached to an aromatic ring is 1. The lowest BCUT2D eigenvalue weighted by Gasteiger charge is -2.26. The summed E-state index contributed by atoms with van der Waals surface area (Å²) in [5.41, 5.74) is 5.56. The van der Waals surface area contributed by atoms with Crippen LogP contribution in [-0.4, -0.2) is 72.1 Å². The van der Waals surface area contributed by atoms with Gasteiger partial charge in [-0.2, -0.15) is 15.1 Å². The van der Waals surface area contributed by atoms with E-state index >= 15 is 0 Å². The second-order valence-corrected chi connectivity index (χ2v) is 7.88. The minimum absolute atomic E-state index is 0.0719. The number of rotatable bonds is 4. The highest BCUT2D eigenvalue weighted by Gasteiger charge is 2.33. The maximum absolute atomic E-state index is 13.3. The summed E-state index contributed by atoms with van der Waals surface area (Å²) in [6, 6.07) is 6.82. The fourth-order valence-corrected chi connectivity index (χ4v) is 3.77. The van der Waals surface area contributed by atoms with Gasteiger partial charge >= 0.3 is 0 Å². The number of nitrogens with zero attached hydrogens (tertiary/aromatic N) is 7. The van der Waals surface area contributed by atoms with Gasteiger partial charge in [0.05, 0.1) is 18.7 Å². The van der Waals surface area contributed by atoms with Crippen LogP contribution in [0, 0.1) is 6.92 Å². The molecule has 0 aliphatic carbocycles. The zero-order valence-electron chi connectivity index (χ0n) is 18.1. The summed E-state index contributed by atoms with van der Waals surface area (Å²) in [6.45, 7) is 5.14. The lowest BCUT2D eigenvalue weighted by atomic mass is 9.94. The number of fused-ring (bicyclic) bond motifs is 1. The van der Waals surface area contributed by atoms with E-state index in [4.69, 9.17) is 15.0 Å². The van der Waals surface area contributed by atoms with Gasteiger partial charge in [0.1, 0.15) is 5.60 Å². The molecule has 1 fully saturated rings. The van der Waals surface area contributed by atoms with Crippen LogP contribution in [0.4, 0.5) is 5.95 Å². The minimum atomic E-state index is -1.54. The summed E-state index contributed by atoms with van der Waals surface area (Å²) >= 11 is 0. The Kier molecular flexibility index (Phi) is 5.02. The average molecular weight is 450 g/mol. The van der Waals surface area contributed by atoms with Crippen molar-refractivity contribution in [3.05, 3.63) is 53.4 Å². The van der Waals surface area contributed by atoms with Crippen LogP contribution in [-0.2, 0) is 10.3 Å². The van der Waals surface area contributed by atoms with Crippen LogP contribution in [0.2, 0.25) is 0 Å². The quantitative estimate of drug-likeness (QED) is 0.456. The molecule has 3 aromatic heterocycles. The smallest absolute Gasteiger partial charge is 0.275 e. The van der Waals surface area contributed by atoms with Crippen molar-refractivity contribution in [1.29, 1.82) is 0 Å². The summed E-state index contributed by atoms with van der Waals surface area (Å²) < 4.78 is 11.9. The summed E-state index contributed by atoms with van der Waals surface area (Å²) in [5.74, 6) is 0.716. The number of hydrogen-bond acceptors (Lipinski definition) is 10. The van der Waals surface area contributed by atoms with Crippen molar-refractivity contribution >= 4 is 22.8 Å². The molecule has 4 heterocycles. The number of hydrogen-bond donors (Lipinski definition) is 2. The third-order valence-electron chi connectivity index (χ3n) is 5.58. The molecule has 1 unspecified atom stereocenters. The Morgan fingerprint density at radius 3 is 2.70 bits per heavy atom. The van der Waals surface area contributed by atoms with Crippen molar-refractivity contribution < 1.29 is 19.2 Å². The molecule has 1 aromatic carbocycles. The molecule has 0 bridgehead atoms. The third-order valence-corrected chi connectivity index (χ3v) is 5.58. The maximum atomic E-state index is 13.3. The highest BCUT2D eigenvalue weighted by Crippen LogP contribution is 2.32. The molecule has 1 aliphatic heterocycles. The first-order valence-electron chi connectivity index (χ1n) is 10.4. The molecule has 1 atom stereocenters.